The van der Waals surface area contributed by atoms with E-state index in [9.17, 15) is 8.42 Å². The first kappa shape index (κ1) is 11.4. The van der Waals surface area contributed by atoms with Gasteiger partial charge in [0.1, 0.15) is 0 Å². The molecule has 4 heteroatoms. The fourth-order valence-electron chi connectivity index (χ4n) is 2.94. The Labute approximate surface area is 92.6 Å². The van der Waals surface area contributed by atoms with Gasteiger partial charge in [-0.15, -0.1) is 0 Å². The first-order valence-corrected chi connectivity index (χ1v) is 7.52. The van der Waals surface area contributed by atoms with Gasteiger partial charge >= 0.3 is 0 Å². The molecule has 0 spiro atoms. The summed E-state index contributed by atoms with van der Waals surface area (Å²) in [7, 11) is -2.86. The Morgan fingerprint density at radius 2 is 1.93 bits per heavy atom. The van der Waals surface area contributed by atoms with Crippen molar-refractivity contribution in [3.8, 4) is 0 Å². The highest BCUT2D eigenvalue weighted by atomic mass is 32.2. The van der Waals surface area contributed by atoms with Gasteiger partial charge in [0.15, 0.2) is 9.84 Å². The maximum atomic E-state index is 12.1. The van der Waals surface area contributed by atoms with Crippen molar-refractivity contribution >= 4 is 9.84 Å². The topological polar surface area (TPSA) is 46.2 Å². The smallest absolute Gasteiger partial charge is 0.154 e. The molecule has 2 aliphatic rings. The van der Waals surface area contributed by atoms with Crippen molar-refractivity contribution in [1.29, 1.82) is 0 Å². The number of hydrogen-bond acceptors (Lipinski definition) is 3. The van der Waals surface area contributed by atoms with Gasteiger partial charge in [-0.05, 0) is 31.6 Å². The normalized spacial score (nSPS) is 43.3. The number of nitrogens with one attached hydrogen (secondary N) is 1. The van der Waals surface area contributed by atoms with Gasteiger partial charge in [0.25, 0.3) is 0 Å². The summed E-state index contributed by atoms with van der Waals surface area (Å²) in [5, 5.41) is 3.37. The molecule has 0 bridgehead atoms. The summed E-state index contributed by atoms with van der Waals surface area (Å²) in [4.78, 5) is 0. The standard InChI is InChI=1S/C11H21NO2S/c1-8-5-7-15(13,14)9-4-6-11(2,3)10(9)12-8/h8-10,12H,4-7H2,1-3H3. The van der Waals surface area contributed by atoms with Crippen molar-refractivity contribution < 1.29 is 8.42 Å². The predicted octanol–water partition coefficient (Wildman–Crippen LogP) is 1.34. The fourth-order valence-corrected chi connectivity index (χ4v) is 5.27. The number of rotatable bonds is 0. The van der Waals surface area contributed by atoms with Crippen LogP contribution in [0.15, 0.2) is 0 Å². The number of fused-ring (bicyclic) bond motifs is 1. The Bertz CT molecular complexity index is 348. The maximum absolute atomic E-state index is 12.1. The third kappa shape index (κ3) is 1.94. The minimum Gasteiger partial charge on any atom is -0.310 e. The second-order valence-corrected chi connectivity index (χ2v) is 8.11. The van der Waals surface area contributed by atoms with Crippen LogP contribution in [0.1, 0.15) is 40.0 Å². The Hall–Kier alpha value is -0.0900. The van der Waals surface area contributed by atoms with Crippen LogP contribution in [-0.4, -0.2) is 31.5 Å². The summed E-state index contributed by atoms with van der Waals surface area (Å²) in [5.74, 6) is 0.360. The molecule has 1 aliphatic heterocycles. The largest absolute Gasteiger partial charge is 0.310 e. The summed E-state index contributed by atoms with van der Waals surface area (Å²) >= 11 is 0. The van der Waals surface area contributed by atoms with Crippen molar-refractivity contribution in [1.82, 2.24) is 5.32 Å². The zero-order chi connectivity index (χ0) is 11.3. The average Bonchev–Trinajstić information content (AvgIpc) is 2.33. The van der Waals surface area contributed by atoms with E-state index in [0.717, 1.165) is 19.3 Å². The van der Waals surface area contributed by atoms with E-state index in [1.807, 2.05) is 0 Å². The van der Waals surface area contributed by atoms with Crippen LogP contribution in [0.4, 0.5) is 0 Å². The lowest BCUT2D eigenvalue weighted by Crippen LogP contribution is -2.48. The van der Waals surface area contributed by atoms with Crippen LogP contribution < -0.4 is 5.32 Å². The molecule has 0 aromatic heterocycles. The lowest BCUT2D eigenvalue weighted by molar-refractivity contribution is 0.268. The molecular formula is C11H21NO2S. The van der Waals surface area contributed by atoms with Crippen LogP contribution in [0.5, 0.6) is 0 Å². The molecule has 3 atom stereocenters. The van der Waals surface area contributed by atoms with Crippen molar-refractivity contribution in [2.24, 2.45) is 5.41 Å². The van der Waals surface area contributed by atoms with Gasteiger partial charge in [-0.25, -0.2) is 8.42 Å². The molecule has 3 unspecified atom stereocenters. The van der Waals surface area contributed by atoms with E-state index < -0.39 is 9.84 Å². The molecule has 1 saturated carbocycles. The molecule has 2 fully saturated rings. The molecule has 0 aromatic rings. The van der Waals surface area contributed by atoms with Crippen LogP contribution in [0.25, 0.3) is 0 Å². The van der Waals surface area contributed by atoms with Crippen LogP contribution >= 0.6 is 0 Å². The number of sulfone groups is 1. The van der Waals surface area contributed by atoms with Gasteiger partial charge in [-0.3, -0.25) is 0 Å². The molecule has 1 N–H and O–H groups in total. The molecule has 3 nitrogen and oxygen atoms in total. The van der Waals surface area contributed by atoms with Gasteiger partial charge in [0.2, 0.25) is 0 Å². The molecule has 0 aromatic carbocycles. The van der Waals surface area contributed by atoms with Crippen LogP contribution in [0, 0.1) is 5.41 Å². The minimum atomic E-state index is -2.86. The van der Waals surface area contributed by atoms with Gasteiger partial charge < -0.3 is 5.32 Å². The molecule has 1 saturated heterocycles. The van der Waals surface area contributed by atoms with Gasteiger partial charge in [0.05, 0.1) is 11.0 Å². The quantitative estimate of drug-likeness (QED) is 0.684. The first-order chi connectivity index (χ1) is 6.83. The molecule has 1 aliphatic carbocycles. The Kier molecular flexibility index (Phi) is 2.62. The van der Waals surface area contributed by atoms with Crippen LogP contribution in [-0.2, 0) is 9.84 Å². The Morgan fingerprint density at radius 3 is 2.60 bits per heavy atom. The lowest BCUT2D eigenvalue weighted by atomic mass is 9.87. The second-order valence-electron chi connectivity index (χ2n) is 5.77. The van der Waals surface area contributed by atoms with Crippen LogP contribution in [0.2, 0.25) is 0 Å². The van der Waals surface area contributed by atoms with Crippen molar-refractivity contribution in [2.45, 2.75) is 57.4 Å². The van der Waals surface area contributed by atoms with Gasteiger partial charge in [-0.1, -0.05) is 13.8 Å². The highest BCUT2D eigenvalue weighted by Gasteiger charge is 2.49. The number of hydrogen-bond donors (Lipinski definition) is 1. The van der Waals surface area contributed by atoms with E-state index in [1.165, 1.54) is 0 Å². The van der Waals surface area contributed by atoms with Gasteiger partial charge in [-0.2, -0.15) is 0 Å². The third-order valence-electron chi connectivity index (χ3n) is 4.05. The summed E-state index contributed by atoms with van der Waals surface area (Å²) in [6.07, 6.45) is 2.60. The molecule has 2 rings (SSSR count). The molecule has 1 heterocycles. The summed E-state index contributed by atoms with van der Waals surface area (Å²) in [6.45, 7) is 6.45. The molecule has 0 radical (unpaired) electrons. The Morgan fingerprint density at radius 1 is 1.27 bits per heavy atom. The SMILES string of the molecule is CC1CCS(=O)(=O)C2CCC(C)(C)C2N1. The first-order valence-electron chi connectivity index (χ1n) is 5.80. The van der Waals surface area contributed by atoms with E-state index in [4.69, 9.17) is 0 Å². The van der Waals surface area contributed by atoms with Crippen molar-refractivity contribution in [2.75, 3.05) is 5.75 Å². The van der Waals surface area contributed by atoms with Crippen molar-refractivity contribution in [3.05, 3.63) is 0 Å². The van der Waals surface area contributed by atoms with Crippen LogP contribution in [0.3, 0.4) is 0 Å². The molecule has 0 amide bonds. The fraction of sp³-hybridized carbons (Fsp3) is 1.00. The molecule has 15 heavy (non-hydrogen) atoms. The Balaban J connectivity index is 2.35. The summed E-state index contributed by atoms with van der Waals surface area (Å²) in [5.41, 5.74) is 0.121. The predicted molar refractivity (Wildman–Crippen MR) is 61.6 cm³/mol. The van der Waals surface area contributed by atoms with E-state index in [2.05, 4.69) is 26.1 Å². The van der Waals surface area contributed by atoms with E-state index in [0.29, 0.717) is 11.8 Å². The molecule has 88 valence electrons. The summed E-state index contributed by atoms with van der Waals surface area (Å²) in [6, 6.07) is 0.479. The van der Waals surface area contributed by atoms with E-state index in [1.54, 1.807) is 0 Å². The monoisotopic (exact) mass is 231 g/mol. The third-order valence-corrected chi connectivity index (χ3v) is 6.28. The van der Waals surface area contributed by atoms with E-state index >= 15 is 0 Å². The maximum Gasteiger partial charge on any atom is 0.154 e. The van der Waals surface area contributed by atoms with Gasteiger partial charge in [0, 0.05) is 12.1 Å². The van der Waals surface area contributed by atoms with Crippen molar-refractivity contribution in [3.63, 3.8) is 0 Å². The highest BCUT2D eigenvalue weighted by Crippen LogP contribution is 2.42. The average molecular weight is 231 g/mol. The zero-order valence-electron chi connectivity index (χ0n) is 9.79. The van der Waals surface area contributed by atoms with E-state index in [-0.39, 0.29) is 16.7 Å². The zero-order valence-corrected chi connectivity index (χ0v) is 10.6. The highest BCUT2D eigenvalue weighted by molar-refractivity contribution is 7.92. The second kappa shape index (κ2) is 3.45. The molecular weight excluding hydrogens is 210 g/mol. The minimum absolute atomic E-state index is 0.121. The summed E-state index contributed by atoms with van der Waals surface area (Å²) < 4.78 is 24.2. The lowest BCUT2D eigenvalue weighted by Gasteiger charge is -2.31.